The van der Waals surface area contributed by atoms with E-state index in [4.69, 9.17) is 9.47 Å². The van der Waals surface area contributed by atoms with Gasteiger partial charge >= 0.3 is 6.98 Å². The lowest BCUT2D eigenvalue weighted by molar-refractivity contribution is 0.296. The van der Waals surface area contributed by atoms with Crippen LogP contribution in [0.15, 0.2) is 36.7 Å². The smallest absolute Gasteiger partial charge is 0.497 e. The Hall–Kier alpha value is -2.25. The quantitative estimate of drug-likeness (QED) is 0.788. The molecule has 0 amide bonds. The Balaban J connectivity index is 2.23. The monoisotopic (exact) mass is 283 g/mol. The number of aromatic nitrogens is 2. The van der Waals surface area contributed by atoms with Gasteiger partial charge in [0, 0.05) is 12.4 Å². The fourth-order valence-electron chi connectivity index (χ4n) is 1.59. The van der Waals surface area contributed by atoms with Crippen LogP contribution in [0.5, 0.6) is 11.5 Å². The maximum absolute atomic E-state index is 13.0. The van der Waals surface area contributed by atoms with Crippen molar-refractivity contribution in [2.24, 2.45) is 0 Å². The first-order chi connectivity index (χ1) is 9.50. The summed E-state index contributed by atoms with van der Waals surface area (Å²) in [5.74, 6) is 0.178. The molecular weight excluding hydrogens is 272 g/mol. The van der Waals surface area contributed by atoms with Gasteiger partial charge in [-0.2, -0.15) is 0 Å². The van der Waals surface area contributed by atoms with Gasteiger partial charge in [-0.3, -0.25) is 0 Å². The first-order valence-electron chi connectivity index (χ1n) is 5.77. The molecule has 0 bridgehead atoms. The zero-order chi connectivity index (χ0) is 14.6. The summed E-state index contributed by atoms with van der Waals surface area (Å²) in [4.78, 5) is 7.76. The maximum atomic E-state index is 13.0. The molecule has 8 heteroatoms. The van der Waals surface area contributed by atoms with E-state index >= 15 is 0 Å². The van der Waals surface area contributed by atoms with Crippen molar-refractivity contribution >= 4 is 12.4 Å². The van der Waals surface area contributed by atoms with E-state index in [-0.39, 0.29) is 18.1 Å². The number of halogens is 3. The molecule has 0 saturated heterocycles. The van der Waals surface area contributed by atoms with Crippen molar-refractivity contribution in [3.8, 4) is 11.5 Å². The van der Waals surface area contributed by atoms with Crippen molar-refractivity contribution in [3.63, 3.8) is 0 Å². The zero-order valence-corrected chi connectivity index (χ0v) is 10.6. The van der Waals surface area contributed by atoms with Crippen LogP contribution in [0.25, 0.3) is 0 Å². The van der Waals surface area contributed by atoms with E-state index in [1.54, 1.807) is 6.07 Å². The molecule has 0 unspecified atom stereocenters. The van der Waals surface area contributed by atoms with Gasteiger partial charge in [0.05, 0.1) is 12.9 Å². The minimum atomic E-state index is -5.19. The molecule has 0 radical (unpaired) electrons. The molecule has 0 spiro atoms. The average Bonchev–Trinajstić information content (AvgIpc) is 2.45. The summed E-state index contributed by atoms with van der Waals surface area (Å²) < 4.78 is 48.9. The van der Waals surface area contributed by atoms with Gasteiger partial charge in [-0.1, -0.05) is 5.46 Å². The minimum Gasteiger partial charge on any atom is -0.497 e. The van der Waals surface area contributed by atoms with Crippen molar-refractivity contribution in [2.75, 3.05) is 7.11 Å². The van der Waals surface area contributed by atoms with Crippen LogP contribution in [-0.4, -0.2) is 24.1 Å². The van der Waals surface area contributed by atoms with Crippen molar-refractivity contribution in [1.29, 1.82) is 0 Å². The highest BCUT2D eigenvalue weighted by Crippen LogP contribution is 2.22. The molecule has 106 valence electrons. The summed E-state index contributed by atoms with van der Waals surface area (Å²) in [6, 6.07) is 5.17. The Morgan fingerprint density at radius 3 is 2.45 bits per heavy atom. The van der Waals surface area contributed by atoms with Gasteiger partial charge < -0.3 is 22.4 Å². The van der Waals surface area contributed by atoms with Crippen LogP contribution in [0, 0.1) is 0 Å². The first kappa shape index (κ1) is 14.2. The van der Waals surface area contributed by atoms with Gasteiger partial charge in [0.15, 0.2) is 5.82 Å². The van der Waals surface area contributed by atoms with Gasteiger partial charge in [0.1, 0.15) is 12.4 Å². The lowest BCUT2D eigenvalue weighted by Crippen LogP contribution is -2.35. The molecule has 2 rings (SSSR count). The molecule has 0 atom stereocenters. The molecular formula is C12H11BF3N2O2-. The average molecular weight is 283 g/mol. The van der Waals surface area contributed by atoms with E-state index in [0.29, 0.717) is 5.82 Å². The summed E-state index contributed by atoms with van der Waals surface area (Å²) in [5.41, 5.74) is -0.833. The second-order valence-electron chi connectivity index (χ2n) is 3.93. The highest BCUT2D eigenvalue weighted by molar-refractivity contribution is 6.74. The normalized spacial score (nSPS) is 11.2. The van der Waals surface area contributed by atoms with Gasteiger partial charge in [-0.25, -0.2) is 9.97 Å². The Morgan fingerprint density at radius 2 is 1.85 bits per heavy atom. The van der Waals surface area contributed by atoms with Crippen LogP contribution in [0.1, 0.15) is 5.82 Å². The topological polar surface area (TPSA) is 44.2 Å². The highest BCUT2D eigenvalue weighted by atomic mass is 19.4. The van der Waals surface area contributed by atoms with Gasteiger partial charge in [-0.05, 0) is 24.3 Å². The Morgan fingerprint density at radius 1 is 1.15 bits per heavy atom. The fraction of sp³-hybridized carbons (Fsp3) is 0.167. The molecule has 20 heavy (non-hydrogen) atoms. The molecule has 0 aliphatic heterocycles. The summed E-state index contributed by atoms with van der Waals surface area (Å²) in [6.07, 6.45) is 2.99. The Labute approximate surface area is 113 Å². The summed E-state index contributed by atoms with van der Waals surface area (Å²) >= 11 is 0. The maximum Gasteiger partial charge on any atom is 0.513 e. The number of methoxy groups -OCH3 is 1. The predicted octanol–water partition coefficient (Wildman–Crippen LogP) is 2.12. The lowest BCUT2D eigenvalue weighted by atomic mass is 9.79. The number of hydrogen-bond donors (Lipinski definition) is 0. The van der Waals surface area contributed by atoms with Crippen molar-refractivity contribution in [1.82, 2.24) is 9.97 Å². The standard InChI is InChI=1S/C12H11BF3N2O2/c1-19-9-3-4-11(10(7-9)13(14,15)16)20-8-12-17-5-2-6-18-12/h2-7H,8H2,1H3/q-1. The van der Waals surface area contributed by atoms with Crippen molar-refractivity contribution in [2.45, 2.75) is 6.61 Å². The number of nitrogens with zero attached hydrogens (tertiary/aromatic N) is 2. The zero-order valence-electron chi connectivity index (χ0n) is 10.6. The molecule has 2 aromatic rings. The number of benzene rings is 1. The van der Waals surface area contributed by atoms with Gasteiger partial charge in [-0.15, -0.1) is 0 Å². The third-order valence-electron chi connectivity index (χ3n) is 2.55. The van der Waals surface area contributed by atoms with E-state index < -0.39 is 12.4 Å². The lowest BCUT2D eigenvalue weighted by Gasteiger charge is -2.20. The van der Waals surface area contributed by atoms with Crippen LogP contribution in [-0.2, 0) is 6.61 Å². The summed E-state index contributed by atoms with van der Waals surface area (Å²) in [6.45, 7) is -5.33. The third kappa shape index (κ3) is 3.40. The molecule has 1 aromatic carbocycles. The fourth-order valence-corrected chi connectivity index (χ4v) is 1.59. The van der Waals surface area contributed by atoms with Crippen molar-refractivity contribution < 1.29 is 22.4 Å². The molecule has 4 nitrogen and oxygen atoms in total. The molecule has 0 fully saturated rings. The summed E-state index contributed by atoms with van der Waals surface area (Å²) in [5, 5.41) is 0. The SMILES string of the molecule is COc1ccc(OCc2ncccn2)c([B-](F)(F)F)c1. The van der Waals surface area contributed by atoms with Gasteiger partial charge in [0.2, 0.25) is 0 Å². The highest BCUT2D eigenvalue weighted by Gasteiger charge is 2.30. The van der Waals surface area contributed by atoms with Crippen LogP contribution in [0.4, 0.5) is 12.9 Å². The van der Waals surface area contributed by atoms with E-state index in [9.17, 15) is 12.9 Å². The first-order valence-corrected chi connectivity index (χ1v) is 5.77. The number of hydrogen-bond acceptors (Lipinski definition) is 4. The molecule has 0 aliphatic carbocycles. The summed E-state index contributed by atoms with van der Waals surface area (Å²) in [7, 11) is 1.31. The molecule has 0 N–H and O–H groups in total. The largest absolute Gasteiger partial charge is 0.513 e. The molecule has 1 heterocycles. The van der Waals surface area contributed by atoms with E-state index in [1.165, 1.54) is 31.6 Å². The second kappa shape index (κ2) is 5.81. The molecule has 0 aliphatic rings. The van der Waals surface area contributed by atoms with Gasteiger partial charge in [0.25, 0.3) is 0 Å². The molecule has 1 aromatic heterocycles. The Kier molecular flexibility index (Phi) is 4.12. The van der Waals surface area contributed by atoms with Crippen LogP contribution in [0.3, 0.4) is 0 Å². The van der Waals surface area contributed by atoms with Crippen LogP contribution in [0.2, 0.25) is 0 Å². The van der Waals surface area contributed by atoms with E-state index in [0.717, 1.165) is 6.07 Å². The van der Waals surface area contributed by atoms with E-state index in [1.807, 2.05) is 0 Å². The third-order valence-corrected chi connectivity index (χ3v) is 2.55. The Bertz CT molecular complexity index is 579. The predicted molar refractivity (Wildman–Crippen MR) is 68.1 cm³/mol. The minimum absolute atomic E-state index is 0.127. The molecule has 0 saturated carbocycles. The van der Waals surface area contributed by atoms with E-state index in [2.05, 4.69) is 9.97 Å². The van der Waals surface area contributed by atoms with Crippen LogP contribution >= 0.6 is 0 Å². The number of ether oxygens (including phenoxy) is 2. The van der Waals surface area contributed by atoms with Crippen LogP contribution < -0.4 is 14.9 Å². The second-order valence-corrected chi connectivity index (χ2v) is 3.93. The van der Waals surface area contributed by atoms with Crippen molar-refractivity contribution in [3.05, 3.63) is 42.5 Å². The number of rotatable bonds is 5.